The molecule has 2 heterocycles. The molecule has 0 radical (unpaired) electrons. The van der Waals surface area contributed by atoms with Crippen molar-refractivity contribution in [1.82, 2.24) is 20.4 Å². The number of nitrogens with one attached hydrogen (secondary N) is 2. The lowest BCUT2D eigenvalue weighted by atomic mass is 10.1. The molecule has 0 unspecified atom stereocenters. The molecule has 0 aliphatic heterocycles. The van der Waals surface area contributed by atoms with Crippen molar-refractivity contribution in [2.24, 2.45) is 20.5 Å². The number of nitrogens with two attached hydrogens (primary N) is 4. The van der Waals surface area contributed by atoms with Crippen LogP contribution < -0.4 is 22.9 Å². The summed E-state index contributed by atoms with van der Waals surface area (Å²) in [5.74, 6) is -0.261. The SMILES string of the molecule is CCOC(=O)c1cccc(N=Nc2c(N)n[nH]c2N)c1N=Nc1c(N)n[nH]c1N. The number of azo groups is 2. The molecule has 29 heavy (non-hydrogen) atoms. The number of hydrogen-bond acceptors (Lipinski definition) is 12. The molecule has 0 saturated carbocycles. The van der Waals surface area contributed by atoms with Gasteiger partial charge in [-0.15, -0.1) is 20.5 Å². The third-order valence-electron chi connectivity index (χ3n) is 3.61. The molecule has 14 heteroatoms. The van der Waals surface area contributed by atoms with Gasteiger partial charge in [0, 0.05) is 0 Å². The second-order valence-electron chi connectivity index (χ2n) is 5.54. The van der Waals surface area contributed by atoms with Gasteiger partial charge in [0.1, 0.15) is 23.0 Å². The van der Waals surface area contributed by atoms with E-state index in [9.17, 15) is 4.79 Å². The van der Waals surface area contributed by atoms with Crippen molar-refractivity contribution in [3.63, 3.8) is 0 Å². The van der Waals surface area contributed by atoms with Gasteiger partial charge in [0.15, 0.2) is 23.0 Å². The fourth-order valence-corrected chi connectivity index (χ4v) is 2.23. The van der Waals surface area contributed by atoms with Crippen LogP contribution in [0, 0.1) is 0 Å². The summed E-state index contributed by atoms with van der Waals surface area (Å²) in [5, 5.41) is 28.5. The zero-order valence-electron chi connectivity index (χ0n) is 15.2. The third-order valence-corrected chi connectivity index (χ3v) is 3.61. The van der Waals surface area contributed by atoms with E-state index in [0.29, 0.717) is 0 Å². The second-order valence-corrected chi connectivity index (χ2v) is 5.54. The Morgan fingerprint density at radius 1 is 0.931 bits per heavy atom. The molecule has 0 spiro atoms. The number of carbonyl (C=O) groups is 1. The molecule has 0 atom stereocenters. The summed E-state index contributed by atoms with van der Waals surface area (Å²) < 4.78 is 5.06. The molecule has 14 nitrogen and oxygen atoms in total. The Kier molecular flexibility index (Phi) is 5.34. The van der Waals surface area contributed by atoms with E-state index in [0.717, 1.165) is 0 Å². The van der Waals surface area contributed by atoms with E-state index in [1.807, 2.05) is 0 Å². The van der Waals surface area contributed by atoms with E-state index in [4.69, 9.17) is 27.7 Å². The minimum atomic E-state index is -0.617. The number of aromatic amines is 2. The maximum absolute atomic E-state index is 12.3. The molecule has 0 amide bonds. The highest BCUT2D eigenvalue weighted by Gasteiger charge is 2.17. The number of nitrogen functional groups attached to an aromatic ring is 4. The highest BCUT2D eigenvalue weighted by molar-refractivity contribution is 5.97. The summed E-state index contributed by atoms with van der Waals surface area (Å²) in [5.41, 5.74) is 23.5. The molecule has 10 N–H and O–H groups in total. The Hall–Kier alpha value is -4.49. The molecule has 150 valence electrons. The quantitative estimate of drug-likeness (QED) is 0.265. The molecule has 0 saturated heterocycles. The summed E-state index contributed by atoms with van der Waals surface area (Å²) in [7, 11) is 0. The maximum Gasteiger partial charge on any atom is 0.340 e. The van der Waals surface area contributed by atoms with Gasteiger partial charge in [-0.2, -0.15) is 10.2 Å². The normalized spacial score (nSPS) is 11.5. The minimum Gasteiger partial charge on any atom is -0.462 e. The highest BCUT2D eigenvalue weighted by Crippen LogP contribution is 2.37. The van der Waals surface area contributed by atoms with E-state index in [-0.39, 0.29) is 58.2 Å². The maximum atomic E-state index is 12.3. The van der Waals surface area contributed by atoms with Crippen LogP contribution in [0.2, 0.25) is 0 Å². The van der Waals surface area contributed by atoms with Gasteiger partial charge in [-0.05, 0) is 19.1 Å². The molecule has 2 aromatic heterocycles. The lowest BCUT2D eigenvalue weighted by Gasteiger charge is -2.06. The zero-order valence-corrected chi connectivity index (χ0v) is 15.2. The number of carbonyl (C=O) groups excluding carboxylic acids is 1. The van der Waals surface area contributed by atoms with Gasteiger partial charge in [-0.3, -0.25) is 10.2 Å². The summed E-state index contributed by atoms with van der Waals surface area (Å²) in [4.78, 5) is 12.3. The monoisotopic (exact) mass is 398 g/mol. The molecule has 0 bridgehead atoms. The molecular formula is C15H18N12O2. The van der Waals surface area contributed by atoms with Gasteiger partial charge in [-0.25, -0.2) is 4.79 Å². The predicted octanol–water partition coefficient (Wildman–Crippen LogP) is 2.47. The fraction of sp³-hybridized carbons (Fsp3) is 0.133. The number of aromatic nitrogens is 4. The van der Waals surface area contributed by atoms with Crippen LogP contribution in [0.1, 0.15) is 17.3 Å². The summed E-state index contributed by atoms with van der Waals surface area (Å²) in [6.07, 6.45) is 0. The van der Waals surface area contributed by atoms with E-state index in [2.05, 4.69) is 40.9 Å². The first-order valence-electron chi connectivity index (χ1n) is 8.24. The van der Waals surface area contributed by atoms with Gasteiger partial charge in [0.25, 0.3) is 0 Å². The Labute approximate surface area is 163 Å². The van der Waals surface area contributed by atoms with Crippen molar-refractivity contribution >= 4 is 52.0 Å². The first kappa shape index (κ1) is 19.3. The van der Waals surface area contributed by atoms with Gasteiger partial charge in [-0.1, -0.05) is 6.07 Å². The molecule has 1 aromatic carbocycles. The van der Waals surface area contributed by atoms with Gasteiger partial charge < -0.3 is 27.7 Å². The van der Waals surface area contributed by atoms with Gasteiger partial charge in [0.05, 0.1) is 12.2 Å². The molecular weight excluding hydrogens is 380 g/mol. The van der Waals surface area contributed by atoms with Crippen LogP contribution in [-0.2, 0) is 4.74 Å². The van der Waals surface area contributed by atoms with Crippen molar-refractivity contribution in [1.29, 1.82) is 0 Å². The van der Waals surface area contributed by atoms with Crippen LogP contribution in [0.4, 0.5) is 46.0 Å². The van der Waals surface area contributed by atoms with Crippen LogP contribution in [0.25, 0.3) is 0 Å². The summed E-state index contributed by atoms with van der Waals surface area (Å²) in [6.45, 7) is 1.85. The number of hydrogen-bond donors (Lipinski definition) is 6. The summed E-state index contributed by atoms with van der Waals surface area (Å²) in [6, 6.07) is 4.66. The highest BCUT2D eigenvalue weighted by atomic mass is 16.5. The van der Waals surface area contributed by atoms with E-state index >= 15 is 0 Å². The first-order chi connectivity index (χ1) is 13.9. The number of nitrogens with zero attached hydrogens (tertiary/aromatic N) is 6. The number of ether oxygens (including phenoxy) is 1. The number of H-pyrrole nitrogens is 2. The van der Waals surface area contributed by atoms with E-state index < -0.39 is 5.97 Å². The summed E-state index contributed by atoms with van der Waals surface area (Å²) >= 11 is 0. The van der Waals surface area contributed by atoms with Gasteiger partial charge >= 0.3 is 5.97 Å². The first-order valence-corrected chi connectivity index (χ1v) is 8.24. The molecule has 3 rings (SSSR count). The topological polar surface area (TPSA) is 237 Å². The molecule has 0 aliphatic carbocycles. The third kappa shape index (κ3) is 3.95. The van der Waals surface area contributed by atoms with Crippen LogP contribution in [0.3, 0.4) is 0 Å². The van der Waals surface area contributed by atoms with Crippen molar-refractivity contribution in [3.8, 4) is 0 Å². The lowest BCUT2D eigenvalue weighted by molar-refractivity contribution is 0.0527. The second kappa shape index (κ2) is 8.03. The van der Waals surface area contributed by atoms with Crippen LogP contribution in [0.15, 0.2) is 38.7 Å². The Morgan fingerprint density at radius 3 is 2.00 bits per heavy atom. The van der Waals surface area contributed by atoms with Crippen LogP contribution in [-0.4, -0.2) is 33.0 Å². The number of anilines is 4. The molecule has 0 aliphatic rings. The number of rotatable bonds is 6. The van der Waals surface area contributed by atoms with Crippen molar-refractivity contribution < 1.29 is 9.53 Å². The zero-order chi connectivity index (χ0) is 21.0. The molecule has 0 fully saturated rings. The smallest absolute Gasteiger partial charge is 0.340 e. The predicted molar refractivity (Wildman–Crippen MR) is 106 cm³/mol. The van der Waals surface area contributed by atoms with Crippen molar-refractivity contribution in [2.75, 3.05) is 29.5 Å². The van der Waals surface area contributed by atoms with Crippen molar-refractivity contribution in [3.05, 3.63) is 23.8 Å². The Bertz CT molecular complexity index is 1060. The average molecular weight is 398 g/mol. The largest absolute Gasteiger partial charge is 0.462 e. The van der Waals surface area contributed by atoms with Crippen molar-refractivity contribution in [2.45, 2.75) is 6.92 Å². The minimum absolute atomic E-state index is 0.0435. The lowest BCUT2D eigenvalue weighted by Crippen LogP contribution is -2.04. The average Bonchev–Trinajstić information content (AvgIpc) is 3.19. The van der Waals surface area contributed by atoms with Crippen LogP contribution >= 0.6 is 0 Å². The van der Waals surface area contributed by atoms with Gasteiger partial charge in [0.2, 0.25) is 0 Å². The van der Waals surface area contributed by atoms with E-state index in [1.54, 1.807) is 19.1 Å². The fourth-order valence-electron chi connectivity index (χ4n) is 2.23. The number of benzene rings is 1. The number of esters is 1. The molecule has 3 aromatic rings. The van der Waals surface area contributed by atoms with Crippen LogP contribution in [0.5, 0.6) is 0 Å². The Morgan fingerprint density at radius 2 is 1.48 bits per heavy atom. The van der Waals surface area contributed by atoms with E-state index in [1.165, 1.54) is 6.07 Å². The Balaban J connectivity index is 2.08. The standard InChI is InChI=1S/C15H18N12O2/c1-2-29-15(28)6-4-3-5-7(20-22-9-11(16)24-25-12(9)17)8(6)21-23-10-13(18)26-27-14(10)19/h3-5H,2H2,1H3,(H5,16,17,24,25)(H5,18,19,26,27).